The van der Waals surface area contributed by atoms with Crippen LogP contribution in [0.5, 0.6) is 0 Å². The number of nitrogens with zero attached hydrogens (tertiary/aromatic N) is 1. The van der Waals surface area contributed by atoms with Crippen LogP contribution in [0.2, 0.25) is 0 Å². The number of carbonyl (C=O) groups excluding carboxylic acids is 4. The number of hydrogen-bond donors (Lipinski definition) is 3. The summed E-state index contributed by atoms with van der Waals surface area (Å²) in [6.45, 7) is 1.00. The van der Waals surface area contributed by atoms with Crippen LogP contribution in [0.15, 0.2) is 12.1 Å². The molecule has 0 aliphatic carbocycles. The Hall–Kier alpha value is -2.65. The average Bonchev–Trinajstić information content (AvgIpc) is 2.88. The molecular formula is C18H18FN3O5. The standard InChI is InChI=1S/C18H18FN3O5/c19-14-10(18(27)5-7-20-8-6-18)2-1-9-13(14)17(26)22(16(9)25)11-3-4-12(23)21-15(11)24/h1-2,11,20,27H,3-8H2,(H,21,23,24). The molecule has 1 aromatic rings. The number of nitrogens with one attached hydrogen (secondary N) is 2. The summed E-state index contributed by atoms with van der Waals surface area (Å²) >= 11 is 0. The molecule has 4 rings (SSSR count). The molecule has 0 aromatic heterocycles. The number of imide groups is 2. The molecule has 0 bridgehead atoms. The molecule has 1 unspecified atom stereocenters. The molecular weight excluding hydrogens is 357 g/mol. The van der Waals surface area contributed by atoms with Gasteiger partial charge in [-0.15, -0.1) is 0 Å². The van der Waals surface area contributed by atoms with Gasteiger partial charge in [0, 0.05) is 12.0 Å². The number of aliphatic hydroxyl groups is 1. The second kappa shape index (κ2) is 6.21. The molecule has 0 saturated carbocycles. The van der Waals surface area contributed by atoms with Crippen LogP contribution in [0.3, 0.4) is 0 Å². The third-order valence-electron chi connectivity index (χ3n) is 5.48. The van der Waals surface area contributed by atoms with E-state index in [4.69, 9.17) is 0 Å². The van der Waals surface area contributed by atoms with E-state index < -0.39 is 46.7 Å². The Labute approximate surface area is 153 Å². The van der Waals surface area contributed by atoms with Crippen LogP contribution in [-0.2, 0) is 15.2 Å². The molecule has 4 amide bonds. The SMILES string of the molecule is O=C1CCC(N2C(=O)c3ccc(C4(O)CCNCC4)c(F)c3C2=O)C(=O)N1. The molecule has 0 spiro atoms. The fraction of sp³-hybridized carbons (Fsp3) is 0.444. The minimum absolute atomic E-state index is 0.000217. The molecule has 3 aliphatic heterocycles. The number of halogens is 1. The van der Waals surface area contributed by atoms with Gasteiger partial charge in [-0.3, -0.25) is 29.4 Å². The van der Waals surface area contributed by atoms with Crippen molar-refractivity contribution >= 4 is 23.6 Å². The van der Waals surface area contributed by atoms with Gasteiger partial charge in [0.05, 0.1) is 16.7 Å². The number of rotatable bonds is 2. The van der Waals surface area contributed by atoms with Gasteiger partial charge in [0.15, 0.2) is 0 Å². The quantitative estimate of drug-likeness (QED) is 0.617. The zero-order valence-corrected chi connectivity index (χ0v) is 14.4. The molecule has 0 radical (unpaired) electrons. The summed E-state index contributed by atoms with van der Waals surface area (Å²) in [4.78, 5) is 49.5. The Morgan fingerprint density at radius 3 is 2.48 bits per heavy atom. The first-order valence-corrected chi connectivity index (χ1v) is 8.81. The fourth-order valence-corrected chi connectivity index (χ4v) is 3.99. The van der Waals surface area contributed by atoms with Crippen LogP contribution in [-0.4, -0.2) is 52.8 Å². The molecule has 1 atom stereocenters. The maximum atomic E-state index is 15.2. The Kier molecular flexibility index (Phi) is 4.08. The summed E-state index contributed by atoms with van der Waals surface area (Å²) in [5.41, 5.74) is -2.00. The number of amides is 4. The number of carbonyl (C=O) groups is 4. The number of benzene rings is 1. The van der Waals surface area contributed by atoms with Crippen LogP contribution >= 0.6 is 0 Å². The lowest BCUT2D eigenvalue weighted by molar-refractivity contribution is -0.136. The predicted octanol–water partition coefficient (Wildman–Crippen LogP) is -0.202. The van der Waals surface area contributed by atoms with Gasteiger partial charge in [-0.1, -0.05) is 6.07 Å². The minimum Gasteiger partial charge on any atom is -0.385 e. The van der Waals surface area contributed by atoms with E-state index in [1.165, 1.54) is 12.1 Å². The molecule has 3 aliphatic rings. The zero-order valence-electron chi connectivity index (χ0n) is 14.4. The van der Waals surface area contributed by atoms with Gasteiger partial charge in [0.2, 0.25) is 11.8 Å². The molecule has 9 heteroatoms. The smallest absolute Gasteiger partial charge is 0.265 e. The van der Waals surface area contributed by atoms with Crippen LogP contribution in [0.4, 0.5) is 4.39 Å². The largest absolute Gasteiger partial charge is 0.385 e. The van der Waals surface area contributed by atoms with Gasteiger partial charge in [0.25, 0.3) is 11.8 Å². The third kappa shape index (κ3) is 2.65. The van der Waals surface area contributed by atoms with Gasteiger partial charge in [-0.25, -0.2) is 4.39 Å². The van der Waals surface area contributed by atoms with Crippen molar-refractivity contribution in [2.75, 3.05) is 13.1 Å². The Morgan fingerprint density at radius 2 is 1.81 bits per heavy atom. The third-order valence-corrected chi connectivity index (χ3v) is 5.48. The van der Waals surface area contributed by atoms with E-state index >= 15 is 4.39 Å². The van der Waals surface area contributed by atoms with Crippen molar-refractivity contribution in [1.82, 2.24) is 15.5 Å². The molecule has 2 fully saturated rings. The van der Waals surface area contributed by atoms with Gasteiger partial charge >= 0.3 is 0 Å². The lowest BCUT2D eigenvalue weighted by atomic mass is 9.83. The van der Waals surface area contributed by atoms with Gasteiger partial charge in [0.1, 0.15) is 11.9 Å². The lowest BCUT2D eigenvalue weighted by Gasteiger charge is -2.33. The van der Waals surface area contributed by atoms with Gasteiger partial charge in [-0.05, 0) is 38.4 Å². The second-order valence-electron chi connectivity index (χ2n) is 7.08. The summed E-state index contributed by atoms with van der Waals surface area (Å²) in [5.74, 6) is -3.84. The average molecular weight is 375 g/mol. The van der Waals surface area contributed by atoms with Crippen molar-refractivity contribution in [3.63, 3.8) is 0 Å². The van der Waals surface area contributed by atoms with E-state index in [0.29, 0.717) is 18.0 Å². The van der Waals surface area contributed by atoms with Gasteiger partial charge in [-0.2, -0.15) is 0 Å². The summed E-state index contributed by atoms with van der Waals surface area (Å²) in [6, 6.07) is 1.50. The van der Waals surface area contributed by atoms with E-state index in [2.05, 4.69) is 10.6 Å². The fourth-order valence-electron chi connectivity index (χ4n) is 3.99. The summed E-state index contributed by atoms with van der Waals surface area (Å²) in [7, 11) is 0. The first-order chi connectivity index (χ1) is 12.8. The van der Waals surface area contributed by atoms with Crippen molar-refractivity contribution in [3.8, 4) is 0 Å². The van der Waals surface area contributed by atoms with Crippen LogP contribution < -0.4 is 10.6 Å². The Morgan fingerprint density at radius 1 is 1.11 bits per heavy atom. The highest BCUT2D eigenvalue weighted by Crippen LogP contribution is 2.37. The lowest BCUT2D eigenvalue weighted by Crippen LogP contribution is -2.54. The maximum absolute atomic E-state index is 15.2. The van der Waals surface area contributed by atoms with Crippen molar-refractivity contribution in [3.05, 3.63) is 34.6 Å². The van der Waals surface area contributed by atoms with Crippen LogP contribution in [0.1, 0.15) is 52.0 Å². The topological polar surface area (TPSA) is 116 Å². The Balaban J connectivity index is 1.72. The van der Waals surface area contributed by atoms with Crippen molar-refractivity contribution in [1.29, 1.82) is 0 Å². The summed E-state index contributed by atoms with van der Waals surface area (Å²) in [5, 5.41) is 16.0. The molecule has 8 nitrogen and oxygen atoms in total. The van der Waals surface area contributed by atoms with E-state index in [9.17, 15) is 24.3 Å². The number of fused-ring (bicyclic) bond motifs is 1. The maximum Gasteiger partial charge on any atom is 0.265 e. The van der Waals surface area contributed by atoms with Crippen molar-refractivity contribution < 1.29 is 28.7 Å². The minimum atomic E-state index is -1.42. The van der Waals surface area contributed by atoms with Crippen LogP contribution in [0, 0.1) is 5.82 Å². The normalized spacial score (nSPS) is 24.8. The zero-order chi connectivity index (χ0) is 19.3. The Bertz CT molecular complexity index is 878. The molecule has 3 heterocycles. The molecule has 142 valence electrons. The van der Waals surface area contributed by atoms with Gasteiger partial charge < -0.3 is 10.4 Å². The molecule has 2 saturated heterocycles. The monoisotopic (exact) mass is 375 g/mol. The van der Waals surface area contributed by atoms with E-state index in [-0.39, 0.29) is 36.8 Å². The highest BCUT2D eigenvalue weighted by molar-refractivity contribution is 6.23. The number of piperidine rings is 2. The highest BCUT2D eigenvalue weighted by atomic mass is 19.1. The molecule has 1 aromatic carbocycles. The first kappa shape index (κ1) is 17.7. The van der Waals surface area contributed by atoms with E-state index in [1.807, 2.05) is 0 Å². The van der Waals surface area contributed by atoms with Crippen LogP contribution in [0.25, 0.3) is 0 Å². The molecule has 3 N–H and O–H groups in total. The van der Waals surface area contributed by atoms with E-state index in [1.54, 1.807) is 0 Å². The summed E-state index contributed by atoms with van der Waals surface area (Å²) in [6.07, 6.45) is 0.550. The van der Waals surface area contributed by atoms with Crippen molar-refractivity contribution in [2.45, 2.75) is 37.3 Å². The predicted molar refractivity (Wildman–Crippen MR) is 89.1 cm³/mol. The second-order valence-corrected chi connectivity index (χ2v) is 7.08. The van der Waals surface area contributed by atoms with Crippen molar-refractivity contribution in [2.24, 2.45) is 0 Å². The first-order valence-electron chi connectivity index (χ1n) is 8.81. The number of hydrogen-bond acceptors (Lipinski definition) is 6. The highest BCUT2D eigenvalue weighted by Gasteiger charge is 2.47. The molecule has 27 heavy (non-hydrogen) atoms. The summed E-state index contributed by atoms with van der Waals surface area (Å²) < 4.78 is 15.2. The van der Waals surface area contributed by atoms with E-state index in [0.717, 1.165) is 0 Å².